The van der Waals surface area contributed by atoms with Crippen LogP contribution in [0.2, 0.25) is 0 Å². The lowest BCUT2D eigenvalue weighted by molar-refractivity contribution is -0.179. The van der Waals surface area contributed by atoms with Crippen LogP contribution in [0.3, 0.4) is 0 Å². The third-order valence-electron chi connectivity index (χ3n) is 8.73. The molecule has 2 N–H and O–H groups in total. The summed E-state index contributed by atoms with van der Waals surface area (Å²) in [6, 6.07) is 11.4. The summed E-state index contributed by atoms with van der Waals surface area (Å²) < 4.78 is 66.1. The topological polar surface area (TPSA) is 105 Å². The number of methoxy groups -OCH3 is 1. The molecular formula is C34H35F4N7O3. The summed E-state index contributed by atoms with van der Waals surface area (Å²) in [5.74, 6) is 0.116. The molecule has 0 bridgehead atoms. The summed E-state index contributed by atoms with van der Waals surface area (Å²) in [6.45, 7) is 5.25. The fourth-order valence-corrected chi connectivity index (χ4v) is 6.05. The third-order valence-corrected chi connectivity index (χ3v) is 8.73. The number of hydrogen-bond acceptors (Lipinski definition) is 9. The number of pyridine rings is 1. The van der Waals surface area contributed by atoms with E-state index in [-0.39, 0.29) is 49.3 Å². The number of carbonyl (C=O) groups excluding carboxylic acids is 1. The van der Waals surface area contributed by atoms with Crippen LogP contribution in [0.1, 0.15) is 25.7 Å². The zero-order chi connectivity index (χ0) is 33.8. The number of likely N-dealkylation sites (tertiary alicyclic amines) is 1. The van der Waals surface area contributed by atoms with Crippen molar-refractivity contribution in [2.75, 3.05) is 48.8 Å². The number of amides is 1. The van der Waals surface area contributed by atoms with Gasteiger partial charge in [0.2, 0.25) is 5.91 Å². The van der Waals surface area contributed by atoms with Gasteiger partial charge in [-0.3, -0.25) is 4.79 Å². The Morgan fingerprint density at radius 1 is 0.958 bits per heavy atom. The van der Waals surface area contributed by atoms with Crippen molar-refractivity contribution >= 4 is 39.8 Å². The number of halogens is 4. The van der Waals surface area contributed by atoms with Crippen LogP contribution in [-0.4, -0.2) is 71.3 Å². The van der Waals surface area contributed by atoms with Gasteiger partial charge in [0.15, 0.2) is 0 Å². The molecule has 252 valence electrons. The Labute approximate surface area is 274 Å². The molecule has 4 heterocycles. The number of benzene rings is 2. The Morgan fingerprint density at radius 2 is 1.71 bits per heavy atom. The average molecular weight is 666 g/mol. The minimum Gasteiger partial charge on any atom is -0.495 e. The van der Waals surface area contributed by atoms with Gasteiger partial charge >= 0.3 is 6.18 Å². The SMILES string of the molecule is C=CC(=O)N1CCC(Nc2cc3c(Nc4ccc(Oc5ccnc(N6CCC(C(F)(F)F)CC6)c5)cc4F)ncnc3cc2OC)CC1. The summed E-state index contributed by atoms with van der Waals surface area (Å²) in [5.41, 5.74) is 1.48. The minimum absolute atomic E-state index is 0.00188. The molecule has 0 spiro atoms. The molecule has 2 aromatic carbocycles. The van der Waals surface area contributed by atoms with Crippen molar-refractivity contribution in [3.05, 3.63) is 73.5 Å². The van der Waals surface area contributed by atoms with E-state index in [0.717, 1.165) is 18.5 Å². The Bertz CT molecular complexity index is 1790. The first kappa shape index (κ1) is 32.8. The second-order valence-corrected chi connectivity index (χ2v) is 11.8. The van der Waals surface area contributed by atoms with Gasteiger partial charge in [-0.2, -0.15) is 13.2 Å². The molecule has 0 unspecified atom stereocenters. The van der Waals surface area contributed by atoms with Gasteiger partial charge in [0.1, 0.15) is 41.0 Å². The van der Waals surface area contributed by atoms with Crippen LogP contribution in [0, 0.1) is 11.7 Å². The highest BCUT2D eigenvalue weighted by molar-refractivity contribution is 5.95. The fourth-order valence-electron chi connectivity index (χ4n) is 6.05. The highest BCUT2D eigenvalue weighted by atomic mass is 19.4. The molecule has 0 aliphatic carbocycles. The second-order valence-electron chi connectivity index (χ2n) is 11.8. The molecule has 2 aliphatic rings. The quantitative estimate of drug-likeness (QED) is 0.143. The van der Waals surface area contributed by atoms with Crippen molar-refractivity contribution in [1.82, 2.24) is 19.9 Å². The number of aromatic nitrogens is 3. The van der Waals surface area contributed by atoms with Gasteiger partial charge in [0, 0.05) is 62.0 Å². The van der Waals surface area contributed by atoms with Crippen molar-refractivity contribution < 1.29 is 31.8 Å². The minimum atomic E-state index is -4.20. The van der Waals surface area contributed by atoms with Crippen molar-refractivity contribution in [2.45, 2.75) is 37.9 Å². The Kier molecular flexibility index (Phi) is 9.51. The highest BCUT2D eigenvalue weighted by Gasteiger charge is 2.41. The van der Waals surface area contributed by atoms with E-state index in [1.165, 1.54) is 30.7 Å². The Balaban J connectivity index is 1.15. The van der Waals surface area contributed by atoms with Gasteiger partial charge in [-0.25, -0.2) is 19.3 Å². The van der Waals surface area contributed by atoms with Gasteiger partial charge in [-0.05, 0) is 56.0 Å². The monoisotopic (exact) mass is 665 g/mol. The molecule has 0 atom stereocenters. The van der Waals surface area contributed by atoms with Gasteiger partial charge in [-0.1, -0.05) is 6.58 Å². The number of alkyl halides is 3. The predicted octanol–water partition coefficient (Wildman–Crippen LogP) is 7.08. The molecule has 2 saturated heterocycles. The van der Waals surface area contributed by atoms with Gasteiger partial charge in [-0.15, -0.1) is 0 Å². The molecule has 10 nitrogen and oxygen atoms in total. The van der Waals surface area contributed by atoms with E-state index in [2.05, 4.69) is 32.2 Å². The summed E-state index contributed by atoms with van der Waals surface area (Å²) in [7, 11) is 1.57. The van der Waals surface area contributed by atoms with Crippen LogP contribution in [0.5, 0.6) is 17.2 Å². The lowest BCUT2D eigenvalue weighted by Gasteiger charge is -2.33. The first-order valence-corrected chi connectivity index (χ1v) is 15.6. The van der Waals surface area contributed by atoms with Gasteiger partial charge < -0.3 is 29.9 Å². The summed E-state index contributed by atoms with van der Waals surface area (Å²) in [4.78, 5) is 28.6. The van der Waals surface area contributed by atoms with Crippen molar-refractivity contribution in [2.24, 2.45) is 5.92 Å². The molecule has 48 heavy (non-hydrogen) atoms. The van der Waals surface area contributed by atoms with Crippen LogP contribution in [0.25, 0.3) is 10.9 Å². The maximum Gasteiger partial charge on any atom is 0.391 e. The van der Waals surface area contributed by atoms with Gasteiger partial charge in [0.25, 0.3) is 0 Å². The largest absolute Gasteiger partial charge is 0.495 e. The van der Waals surface area contributed by atoms with E-state index < -0.39 is 17.9 Å². The first-order valence-electron chi connectivity index (χ1n) is 15.6. The molecule has 2 aliphatic heterocycles. The number of fused-ring (bicyclic) bond motifs is 1. The van der Waals surface area contributed by atoms with Crippen LogP contribution >= 0.6 is 0 Å². The summed E-state index contributed by atoms with van der Waals surface area (Å²) >= 11 is 0. The Morgan fingerprint density at radius 3 is 2.40 bits per heavy atom. The van der Waals surface area contributed by atoms with Crippen molar-refractivity contribution in [1.29, 1.82) is 0 Å². The standard InChI is InChI=1S/C34H35F4N7O3/c1-3-32(46)45-14-9-22(10-15-45)42-29-18-25-28(19-30(29)47-2)40-20-41-33(25)43-27-5-4-23(16-26(27)35)48-24-6-11-39-31(17-24)44-12-7-21(8-13-44)34(36,37)38/h3-6,11,16-22,42H,1,7-10,12-15H2,2H3,(H,40,41,43). The molecule has 0 saturated carbocycles. The number of anilines is 4. The third kappa shape index (κ3) is 7.37. The number of hydrogen-bond donors (Lipinski definition) is 2. The second kappa shape index (κ2) is 13.9. The lowest BCUT2D eigenvalue weighted by Crippen LogP contribution is -2.41. The highest BCUT2D eigenvalue weighted by Crippen LogP contribution is 2.37. The first-order chi connectivity index (χ1) is 23.1. The predicted molar refractivity (Wildman–Crippen MR) is 174 cm³/mol. The van der Waals surface area contributed by atoms with E-state index in [4.69, 9.17) is 9.47 Å². The number of nitrogens with zero attached hydrogens (tertiary/aromatic N) is 5. The number of piperidine rings is 2. The molecule has 6 rings (SSSR count). The number of ether oxygens (including phenoxy) is 2. The van der Waals surface area contributed by atoms with E-state index in [9.17, 15) is 18.0 Å². The molecule has 1 amide bonds. The van der Waals surface area contributed by atoms with Crippen LogP contribution < -0.4 is 25.0 Å². The van der Waals surface area contributed by atoms with Crippen molar-refractivity contribution in [3.8, 4) is 17.2 Å². The number of carbonyl (C=O) groups is 1. The van der Waals surface area contributed by atoms with Gasteiger partial charge in [0.05, 0.1) is 29.9 Å². The van der Waals surface area contributed by atoms with Crippen LogP contribution in [0.15, 0.2) is 67.6 Å². The zero-order valence-electron chi connectivity index (χ0n) is 26.3. The normalized spacial score (nSPS) is 16.1. The lowest BCUT2D eigenvalue weighted by atomic mass is 9.96. The van der Waals surface area contributed by atoms with E-state index in [1.54, 1.807) is 41.2 Å². The molecule has 0 radical (unpaired) electrons. The molecule has 2 fully saturated rings. The number of nitrogens with one attached hydrogen (secondary N) is 2. The summed E-state index contributed by atoms with van der Waals surface area (Å²) in [5, 5.41) is 7.23. The molecule has 14 heteroatoms. The zero-order valence-corrected chi connectivity index (χ0v) is 26.3. The molecule has 2 aromatic heterocycles. The average Bonchev–Trinajstić information content (AvgIpc) is 3.09. The smallest absolute Gasteiger partial charge is 0.391 e. The Hall–Kier alpha value is -5.14. The van der Waals surface area contributed by atoms with Crippen molar-refractivity contribution in [3.63, 3.8) is 0 Å². The fraction of sp³-hybridized carbons (Fsp3) is 0.353. The van der Waals surface area contributed by atoms with Crippen LogP contribution in [-0.2, 0) is 4.79 Å². The summed E-state index contributed by atoms with van der Waals surface area (Å²) in [6.07, 6.45) is 1.52. The van der Waals surface area contributed by atoms with E-state index in [1.807, 2.05) is 6.07 Å². The van der Waals surface area contributed by atoms with E-state index in [0.29, 0.717) is 47.1 Å². The van der Waals surface area contributed by atoms with E-state index >= 15 is 4.39 Å². The maximum absolute atomic E-state index is 15.4. The number of rotatable bonds is 9. The maximum atomic E-state index is 15.4. The molecule has 4 aromatic rings. The molecular weight excluding hydrogens is 630 g/mol. The van der Waals surface area contributed by atoms with Crippen LogP contribution in [0.4, 0.5) is 40.6 Å².